The third kappa shape index (κ3) is 2.82. The molecule has 0 aliphatic heterocycles. The van der Waals surface area contributed by atoms with E-state index in [0.717, 1.165) is 6.07 Å². The topological polar surface area (TPSA) is 77.2 Å². The van der Waals surface area contributed by atoms with Crippen molar-refractivity contribution in [2.75, 3.05) is 12.8 Å². The fourth-order valence-corrected chi connectivity index (χ4v) is 1.48. The van der Waals surface area contributed by atoms with Crippen molar-refractivity contribution in [2.45, 2.75) is 0 Å². The number of hydrogen-bond donors (Lipinski definition) is 2. The molecule has 2 aromatic rings. The number of carbonyl (C=O) groups is 1. The molecule has 3 N–H and O–H groups in total. The molecule has 0 spiro atoms. The number of rotatable bonds is 3. The second-order valence-electron chi connectivity index (χ2n) is 3.86. The predicted octanol–water partition coefficient (Wildman–Crippen LogP) is 2.09. The van der Waals surface area contributed by atoms with E-state index >= 15 is 0 Å². The van der Waals surface area contributed by atoms with Crippen molar-refractivity contribution in [3.8, 4) is 11.5 Å². The lowest BCUT2D eigenvalue weighted by atomic mass is 10.2. The number of anilines is 1. The maximum atomic E-state index is 13.5. The summed E-state index contributed by atoms with van der Waals surface area (Å²) in [5.41, 5.74) is 5.22. The minimum absolute atomic E-state index is 0.112. The highest BCUT2D eigenvalue weighted by Crippen LogP contribution is 2.28. The summed E-state index contributed by atoms with van der Waals surface area (Å²) in [6.45, 7) is 0. The van der Waals surface area contributed by atoms with Crippen LogP contribution in [0, 0.1) is 11.6 Å². The zero-order valence-corrected chi connectivity index (χ0v) is 10.5. The summed E-state index contributed by atoms with van der Waals surface area (Å²) in [4.78, 5) is 15.2. The van der Waals surface area contributed by atoms with Crippen LogP contribution in [0.2, 0.25) is 0 Å². The van der Waals surface area contributed by atoms with Gasteiger partial charge < -0.3 is 15.8 Å². The van der Waals surface area contributed by atoms with Crippen LogP contribution in [0.4, 0.5) is 14.5 Å². The van der Waals surface area contributed by atoms with Gasteiger partial charge in [0.25, 0.3) is 5.91 Å². The molecule has 0 aliphatic rings. The average molecular weight is 279 g/mol. The lowest BCUT2D eigenvalue weighted by Crippen LogP contribution is -2.18. The number of halogens is 2. The summed E-state index contributed by atoms with van der Waals surface area (Å²) in [5, 5.41) is 2.40. The number of hydrogen-bond acceptors (Lipinski definition) is 4. The number of aromatic nitrogens is 1. The van der Waals surface area contributed by atoms with Crippen molar-refractivity contribution in [3.63, 3.8) is 0 Å². The molecule has 0 saturated heterocycles. The maximum Gasteiger partial charge on any atom is 0.269 e. The Labute approximate surface area is 113 Å². The molecular formula is C13H11F2N3O2. The number of nitrogen functional groups attached to an aromatic ring is 1. The maximum absolute atomic E-state index is 13.5. The third-order valence-electron chi connectivity index (χ3n) is 2.47. The Balaban J connectivity index is 2.31. The Morgan fingerprint density at radius 1 is 1.30 bits per heavy atom. The molecule has 5 nitrogen and oxygen atoms in total. The standard InChI is InChI=1S/C13H11F2N3O2/c1-17-13(19)11-4-7(2-3-18-11)20-12-6-10(16)8(14)5-9(12)15/h2-6H,16H2,1H3,(H,17,19). The van der Waals surface area contributed by atoms with Crippen LogP contribution in [0.5, 0.6) is 11.5 Å². The average Bonchev–Trinajstić information content (AvgIpc) is 2.44. The summed E-state index contributed by atoms with van der Waals surface area (Å²) < 4.78 is 31.8. The molecule has 1 aromatic carbocycles. The Hall–Kier alpha value is -2.70. The number of nitrogens with two attached hydrogens (primary N) is 1. The van der Waals surface area contributed by atoms with E-state index in [9.17, 15) is 13.6 Å². The molecule has 1 heterocycles. The molecular weight excluding hydrogens is 268 g/mol. The predicted molar refractivity (Wildman–Crippen MR) is 68.5 cm³/mol. The third-order valence-corrected chi connectivity index (χ3v) is 2.47. The van der Waals surface area contributed by atoms with Crippen molar-refractivity contribution < 1.29 is 18.3 Å². The molecule has 0 fully saturated rings. The lowest BCUT2D eigenvalue weighted by Gasteiger charge is -2.09. The number of ether oxygens (including phenoxy) is 1. The number of nitrogens with zero attached hydrogens (tertiary/aromatic N) is 1. The molecule has 104 valence electrons. The second-order valence-corrected chi connectivity index (χ2v) is 3.86. The van der Waals surface area contributed by atoms with Crippen LogP contribution in [0.25, 0.3) is 0 Å². The quantitative estimate of drug-likeness (QED) is 0.843. The molecule has 0 aliphatic carbocycles. The van der Waals surface area contributed by atoms with Gasteiger partial charge >= 0.3 is 0 Å². The first-order valence-corrected chi connectivity index (χ1v) is 5.61. The van der Waals surface area contributed by atoms with Crippen LogP contribution < -0.4 is 15.8 Å². The molecule has 1 amide bonds. The van der Waals surface area contributed by atoms with Crippen LogP contribution in [-0.2, 0) is 0 Å². The molecule has 0 bridgehead atoms. The van der Waals surface area contributed by atoms with Gasteiger partial charge in [-0.3, -0.25) is 9.78 Å². The fourth-order valence-electron chi connectivity index (χ4n) is 1.48. The summed E-state index contributed by atoms with van der Waals surface area (Å²) in [6.07, 6.45) is 1.34. The Morgan fingerprint density at radius 2 is 2.05 bits per heavy atom. The van der Waals surface area contributed by atoms with Gasteiger partial charge in [-0.25, -0.2) is 8.78 Å². The van der Waals surface area contributed by atoms with Crippen molar-refractivity contribution in [3.05, 3.63) is 47.8 Å². The van der Waals surface area contributed by atoms with Crippen LogP contribution in [0.1, 0.15) is 10.5 Å². The zero-order chi connectivity index (χ0) is 14.7. The van der Waals surface area contributed by atoms with E-state index in [4.69, 9.17) is 10.5 Å². The van der Waals surface area contributed by atoms with Gasteiger partial charge in [0, 0.05) is 31.4 Å². The van der Waals surface area contributed by atoms with Crippen molar-refractivity contribution >= 4 is 11.6 Å². The van der Waals surface area contributed by atoms with Crippen molar-refractivity contribution in [1.29, 1.82) is 0 Å². The smallest absolute Gasteiger partial charge is 0.269 e. The van der Waals surface area contributed by atoms with Gasteiger partial charge in [0.15, 0.2) is 11.6 Å². The highest BCUT2D eigenvalue weighted by Gasteiger charge is 2.11. The van der Waals surface area contributed by atoms with E-state index in [1.54, 1.807) is 0 Å². The molecule has 7 heteroatoms. The minimum atomic E-state index is -0.894. The van der Waals surface area contributed by atoms with Crippen LogP contribution in [0.15, 0.2) is 30.5 Å². The summed E-state index contributed by atoms with van der Waals surface area (Å²) in [5.74, 6) is -2.22. The number of pyridine rings is 1. The SMILES string of the molecule is CNC(=O)c1cc(Oc2cc(N)c(F)cc2F)ccn1. The minimum Gasteiger partial charge on any atom is -0.454 e. The first kappa shape index (κ1) is 13.7. The van der Waals surface area contributed by atoms with Gasteiger partial charge in [0.2, 0.25) is 0 Å². The number of nitrogens with one attached hydrogen (secondary N) is 1. The molecule has 0 saturated carbocycles. The highest BCUT2D eigenvalue weighted by molar-refractivity contribution is 5.92. The molecule has 20 heavy (non-hydrogen) atoms. The highest BCUT2D eigenvalue weighted by atomic mass is 19.1. The summed E-state index contributed by atoms with van der Waals surface area (Å²) in [7, 11) is 1.46. The Bertz CT molecular complexity index is 662. The van der Waals surface area contributed by atoms with E-state index in [1.165, 1.54) is 25.4 Å². The van der Waals surface area contributed by atoms with Gasteiger partial charge in [0.1, 0.15) is 17.3 Å². The second kappa shape index (κ2) is 5.52. The first-order chi connectivity index (χ1) is 9.51. The van der Waals surface area contributed by atoms with Gasteiger partial charge in [0.05, 0.1) is 5.69 Å². The van der Waals surface area contributed by atoms with Gasteiger partial charge in [-0.15, -0.1) is 0 Å². The van der Waals surface area contributed by atoms with E-state index < -0.39 is 17.5 Å². The van der Waals surface area contributed by atoms with Crippen molar-refractivity contribution in [2.24, 2.45) is 0 Å². The molecule has 0 unspecified atom stereocenters. The monoisotopic (exact) mass is 279 g/mol. The van der Waals surface area contributed by atoms with E-state index in [1.807, 2.05) is 0 Å². The van der Waals surface area contributed by atoms with Crippen LogP contribution in [-0.4, -0.2) is 17.9 Å². The Morgan fingerprint density at radius 3 is 2.75 bits per heavy atom. The summed E-state index contributed by atoms with van der Waals surface area (Å²) >= 11 is 0. The fraction of sp³-hybridized carbons (Fsp3) is 0.0769. The first-order valence-electron chi connectivity index (χ1n) is 5.61. The largest absolute Gasteiger partial charge is 0.454 e. The normalized spacial score (nSPS) is 10.2. The number of benzene rings is 1. The van der Waals surface area contributed by atoms with Crippen LogP contribution in [0.3, 0.4) is 0 Å². The molecule has 0 radical (unpaired) electrons. The van der Waals surface area contributed by atoms with E-state index in [-0.39, 0.29) is 22.9 Å². The van der Waals surface area contributed by atoms with Gasteiger partial charge in [-0.05, 0) is 6.07 Å². The Kier molecular flexibility index (Phi) is 3.79. The van der Waals surface area contributed by atoms with E-state index in [0.29, 0.717) is 6.07 Å². The van der Waals surface area contributed by atoms with Crippen molar-refractivity contribution in [1.82, 2.24) is 10.3 Å². The molecule has 1 aromatic heterocycles. The van der Waals surface area contributed by atoms with Gasteiger partial charge in [-0.2, -0.15) is 0 Å². The number of carbonyl (C=O) groups excluding carboxylic acids is 1. The van der Waals surface area contributed by atoms with Crippen LogP contribution >= 0.6 is 0 Å². The number of amides is 1. The summed E-state index contributed by atoms with van der Waals surface area (Å²) in [6, 6.07) is 4.43. The zero-order valence-electron chi connectivity index (χ0n) is 10.5. The lowest BCUT2D eigenvalue weighted by molar-refractivity contribution is 0.0958. The molecule has 0 atom stereocenters. The van der Waals surface area contributed by atoms with E-state index in [2.05, 4.69) is 10.3 Å². The van der Waals surface area contributed by atoms with Gasteiger partial charge in [-0.1, -0.05) is 0 Å². The molecule has 2 rings (SSSR count).